The van der Waals surface area contributed by atoms with Crippen LogP contribution in [0.15, 0.2) is 45.6 Å². The van der Waals surface area contributed by atoms with Crippen LogP contribution in [0.2, 0.25) is 0 Å². The number of nitrogens with two attached hydrogens (primary N) is 1. The van der Waals surface area contributed by atoms with E-state index in [9.17, 15) is 9.90 Å². The molecule has 0 amide bonds. The van der Waals surface area contributed by atoms with Gasteiger partial charge >= 0.3 is 5.63 Å². The number of benzene rings is 2. The van der Waals surface area contributed by atoms with Gasteiger partial charge < -0.3 is 15.3 Å². The van der Waals surface area contributed by atoms with E-state index in [1.165, 1.54) is 6.07 Å². The molecule has 1 aromatic heterocycles. The molecule has 4 heteroatoms. The molecule has 0 aliphatic carbocycles. The highest BCUT2D eigenvalue weighted by molar-refractivity contribution is 5.82. The molecule has 3 rings (SSSR count). The van der Waals surface area contributed by atoms with Crippen molar-refractivity contribution in [2.24, 2.45) is 0 Å². The molecule has 1 heterocycles. The van der Waals surface area contributed by atoms with E-state index in [1.54, 1.807) is 12.1 Å². The zero-order valence-electron chi connectivity index (χ0n) is 12.5. The van der Waals surface area contributed by atoms with Gasteiger partial charge in [-0.1, -0.05) is 12.1 Å². The molecule has 0 atom stereocenters. The second kappa shape index (κ2) is 5.22. The number of aromatic hydroxyl groups is 1. The quantitative estimate of drug-likeness (QED) is 0.562. The SMILES string of the molecule is Cc1c(N)cccc1Cc1c(C)c2ccc(O)cc2oc1=O. The predicted molar refractivity (Wildman–Crippen MR) is 87.3 cm³/mol. The number of nitrogen functional groups attached to an aromatic ring is 1. The number of rotatable bonds is 2. The van der Waals surface area contributed by atoms with E-state index in [0.29, 0.717) is 23.3 Å². The van der Waals surface area contributed by atoms with Crippen LogP contribution < -0.4 is 11.4 Å². The van der Waals surface area contributed by atoms with Gasteiger partial charge in [-0.3, -0.25) is 0 Å². The third kappa shape index (κ3) is 2.33. The van der Waals surface area contributed by atoms with Crippen LogP contribution in [0.1, 0.15) is 22.3 Å². The van der Waals surface area contributed by atoms with Gasteiger partial charge in [-0.25, -0.2) is 4.79 Å². The largest absolute Gasteiger partial charge is 0.508 e. The molecule has 3 N–H and O–H groups in total. The monoisotopic (exact) mass is 295 g/mol. The molecule has 0 bridgehead atoms. The van der Waals surface area contributed by atoms with Crippen LogP contribution in [0, 0.1) is 13.8 Å². The second-order valence-electron chi connectivity index (χ2n) is 5.48. The zero-order chi connectivity index (χ0) is 15.9. The minimum absolute atomic E-state index is 0.0782. The fourth-order valence-electron chi connectivity index (χ4n) is 2.67. The number of anilines is 1. The van der Waals surface area contributed by atoms with E-state index < -0.39 is 0 Å². The lowest BCUT2D eigenvalue weighted by Crippen LogP contribution is -2.11. The summed E-state index contributed by atoms with van der Waals surface area (Å²) in [5.41, 5.74) is 10.1. The number of aryl methyl sites for hydroxylation is 1. The third-order valence-corrected chi connectivity index (χ3v) is 4.13. The molecule has 0 unspecified atom stereocenters. The maximum Gasteiger partial charge on any atom is 0.340 e. The van der Waals surface area contributed by atoms with Crippen molar-refractivity contribution in [3.63, 3.8) is 0 Å². The Morgan fingerprint density at radius 3 is 2.68 bits per heavy atom. The smallest absolute Gasteiger partial charge is 0.340 e. The molecule has 3 aromatic rings. The standard InChI is InChI=1S/C18H17NO3/c1-10-12(4-3-5-16(10)19)8-15-11(2)14-7-6-13(20)9-17(14)22-18(15)21/h3-7,9,20H,8,19H2,1-2H3. The maximum absolute atomic E-state index is 12.3. The number of fused-ring (bicyclic) bond motifs is 1. The van der Waals surface area contributed by atoms with Crippen LogP contribution >= 0.6 is 0 Å². The normalized spacial score (nSPS) is 11.0. The van der Waals surface area contributed by atoms with Gasteiger partial charge in [0, 0.05) is 29.1 Å². The molecule has 2 aromatic carbocycles. The fourth-order valence-corrected chi connectivity index (χ4v) is 2.67. The Bertz CT molecular complexity index is 925. The summed E-state index contributed by atoms with van der Waals surface area (Å²) >= 11 is 0. The molecule has 0 aliphatic rings. The van der Waals surface area contributed by atoms with Gasteiger partial charge in [-0.15, -0.1) is 0 Å². The van der Waals surface area contributed by atoms with Crippen LogP contribution in [0.3, 0.4) is 0 Å². The molecule has 0 spiro atoms. The lowest BCUT2D eigenvalue weighted by molar-refractivity contribution is 0.472. The summed E-state index contributed by atoms with van der Waals surface area (Å²) in [6.07, 6.45) is 0.474. The van der Waals surface area contributed by atoms with Crippen molar-refractivity contribution in [3.8, 4) is 5.75 Å². The first kappa shape index (κ1) is 14.2. The molecule has 0 fully saturated rings. The van der Waals surface area contributed by atoms with Crippen molar-refractivity contribution < 1.29 is 9.52 Å². The van der Waals surface area contributed by atoms with Gasteiger partial charge in [0.2, 0.25) is 0 Å². The minimum atomic E-state index is -0.377. The summed E-state index contributed by atoms with van der Waals surface area (Å²) in [7, 11) is 0. The Hall–Kier alpha value is -2.75. The number of phenolic OH excluding ortho intramolecular Hbond substituents is 1. The van der Waals surface area contributed by atoms with Crippen LogP contribution in [-0.4, -0.2) is 5.11 Å². The maximum atomic E-state index is 12.3. The third-order valence-electron chi connectivity index (χ3n) is 4.13. The van der Waals surface area contributed by atoms with Gasteiger partial charge in [0.25, 0.3) is 0 Å². The van der Waals surface area contributed by atoms with E-state index >= 15 is 0 Å². The summed E-state index contributed by atoms with van der Waals surface area (Å²) in [6.45, 7) is 3.84. The Kier molecular flexibility index (Phi) is 3.37. The topological polar surface area (TPSA) is 76.5 Å². The van der Waals surface area contributed by atoms with Gasteiger partial charge in [0.05, 0.1) is 0 Å². The van der Waals surface area contributed by atoms with Crippen molar-refractivity contribution in [3.05, 3.63) is 69.1 Å². The van der Waals surface area contributed by atoms with Crippen molar-refractivity contribution >= 4 is 16.7 Å². The number of hydrogen-bond acceptors (Lipinski definition) is 4. The molecule has 112 valence electrons. The van der Waals surface area contributed by atoms with Crippen LogP contribution in [0.5, 0.6) is 5.75 Å². The molecule has 0 radical (unpaired) electrons. The highest BCUT2D eigenvalue weighted by atomic mass is 16.4. The van der Waals surface area contributed by atoms with Crippen molar-refractivity contribution in [1.82, 2.24) is 0 Å². The Morgan fingerprint density at radius 1 is 1.14 bits per heavy atom. The number of phenols is 1. The van der Waals surface area contributed by atoms with E-state index in [4.69, 9.17) is 10.2 Å². The number of hydrogen-bond donors (Lipinski definition) is 2. The molecular formula is C18H17NO3. The highest BCUT2D eigenvalue weighted by Crippen LogP contribution is 2.25. The van der Waals surface area contributed by atoms with E-state index in [-0.39, 0.29) is 11.4 Å². The van der Waals surface area contributed by atoms with Gasteiger partial charge in [0.1, 0.15) is 11.3 Å². The Balaban J connectivity index is 2.17. The molecular weight excluding hydrogens is 278 g/mol. The Labute approximate surface area is 127 Å². The summed E-state index contributed by atoms with van der Waals surface area (Å²) in [4.78, 5) is 12.3. The predicted octanol–water partition coefficient (Wildman–Crippen LogP) is 3.29. The van der Waals surface area contributed by atoms with Crippen LogP contribution in [-0.2, 0) is 6.42 Å². The Morgan fingerprint density at radius 2 is 1.91 bits per heavy atom. The minimum Gasteiger partial charge on any atom is -0.508 e. The van der Waals surface area contributed by atoms with Gasteiger partial charge in [-0.05, 0) is 48.7 Å². The highest BCUT2D eigenvalue weighted by Gasteiger charge is 2.13. The van der Waals surface area contributed by atoms with Gasteiger partial charge in [0.15, 0.2) is 0 Å². The first-order valence-corrected chi connectivity index (χ1v) is 7.06. The van der Waals surface area contributed by atoms with E-state index in [1.807, 2.05) is 32.0 Å². The average Bonchev–Trinajstić information content (AvgIpc) is 2.47. The lowest BCUT2D eigenvalue weighted by atomic mass is 9.96. The van der Waals surface area contributed by atoms with Gasteiger partial charge in [-0.2, -0.15) is 0 Å². The fraction of sp³-hybridized carbons (Fsp3) is 0.167. The first-order valence-electron chi connectivity index (χ1n) is 7.06. The molecule has 4 nitrogen and oxygen atoms in total. The summed E-state index contributed by atoms with van der Waals surface area (Å²) in [5, 5.41) is 10.3. The lowest BCUT2D eigenvalue weighted by Gasteiger charge is -2.11. The van der Waals surface area contributed by atoms with Crippen LogP contribution in [0.4, 0.5) is 5.69 Å². The van der Waals surface area contributed by atoms with Crippen molar-refractivity contribution in [2.45, 2.75) is 20.3 Å². The summed E-state index contributed by atoms with van der Waals surface area (Å²) < 4.78 is 5.35. The zero-order valence-corrected chi connectivity index (χ0v) is 12.5. The molecule has 22 heavy (non-hydrogen) atoms. The van der Waals surface area contributed by atoms with Crippen molar-refractivity contribution in [1.29, 1.82) is 0 Å². The van der Waals surface area contributed by atoms with Crippen LogP contribution in [0.25, 0.3) is 11.0 Å². The molecule has 0 saturated carbocycles. The average molecular weight is 295 g/mol. The second-order valence-corrected chi connectivity index (χ2v) is 5.48. The summed E-state index contributed by atoms with van der Waals surface area (Å²) in [5.74, 6) is 0.0782. The van der Waals surface area contributed by atoms with E-state index in [2.05, 4.69) is 0 Å². The molecule has 0 aliphatic heterocycles. The molecule has 0 saturated heterocycles. The summed E-state index contributed by atoms with van der Waals surface area (Å²) in [6, 6.07) is 10.5. The first-order chi connectivity index (χ1) is 10.5. The van der Waals surface area contributed by atoms with Crippen molar-refractivity contribution in [2.75, 3.05) is 5.73 Å². The van der Waals surface area contributed by atoms with E-state index in [0.717, 1.165) is 22.1 Å².